The van der Waals surface area contributed by atoms with Crippen LogP contribution in [0.2, 0.25) is 0 Å². The fraction of sp³-hybridized carbons (Fsp3) is 0.211. The predicted octanol–water partition coefficient (Wildman–Crippen LogP) is 2.75. The number of benzene rings is 1. The minimum absolute atomic E-state index is 0. The zero-order chi connectivity index (χ0) is 17.5. The van der Waals surface area contributed by atoms with E-state index in [-0.39, 0.29) is 24.0 Å². The highest BCUT2D eigenvalue weighted by Gasteiger charge is 2.02. The summed E-state index contributed by atoms with van der Waals surface area (Å²) < 4.78 is 1.80. The maximum atomic E-state index is 5.94. The molecule has 3 aromatic rings. The molecular formula is C19H23IN6. The molecule has 2 heterocycles. The lowest BCUT2D eigenvalue weighted by atomic mass is 10.1. The number of hydrogen-bond donors (Lipinski definition) is 2. The summed E-state index contributed by atoms with van der Waals surface area (Å²) in [6.45, 7) is 1.25. The van der Waals surface area contributed by atoms with Crippen molar-refractivity contribution in [3.05, 3.63) is 72.3 Å². The third kappa shape index (κ3) is 5.83. The SMILES string of the molecule is Cn1cc(-c2cccc(CN=C(N)NCCc3ccccn3)c2)cn1.I. The van der Waals surface area contributed by atoms with Crippen molar-refractivity contribution in [2.24, 2.45) is 17.8 Å². The number of hydrogen-bond acceptors (Lipinski definition) is 3. The third-order valence-electron chi connectivity index (χ3n) is 3.81. The summed E-state index contributed by atoms with van der Waals surface area (Å²) in [7, 11) is 1.91. The second-order valence-corrected chi connectivity index (χ2v) is 5.80. The molecule has 6 nitrogen and oxygen atoms in total. The van der Waals surface area contributed by atoms with Crippen molar-refractivity contribution in [2.45, 2.75) is 13.0 Å². The van der Waals surface area contributed by atoms with Crippen LogP contribution in [0.3, 0.4) is 0 Å². The van der Waals surface area contributed by atoms with Crippen LogP contribution < -0.4 is 11.1 Å². The van der Waals surface area contributed by atoms with Crippen LogP contribution in [0.25, 0.3) is 11.1 Å². The number of pyridine rings is 1. The molecule has 0 bridgehead atoms. The van der Waals surface area contributed by atoms with E-state index >= 15 is 0 Å². The summed E-state index contributed by atoms with van der Waals surface area (Å²) in [5, 5.41) is 7.34. The van der Waals surface area contributed by atoms with Gasteiger partial charge in [0.25, 0.3) is 0 Å². The van der Waals surface area contributed by atoms with E-state index in [1.807, 2.05) is 49.8 Å². The summed E-state index contributed by atoms with van der Waals surface area (Å²) >= 11 is 0. The van der Waals surface area contributed by atoms with Crippen LogP contribution in [0.1, 0.15) is 11.3 Å². The fourth-order valence-electron chi connectivity index (χ4n) is 2.52. The third-order valence-corrected chi connectivity index (χ3v) is 3.81. The molecule has 7 heteroatoms. The summed E-state index contributed by atoms with van der Waals surface area (Å²) in [5.74, 6) is 0.447. The molecule has 0 spiro atoms. The Morgan fingerprint density at radius 2 is 2.08 bits per heavy atom. The van der Waals surface area contributed by atoms with E-state index in [1.54, 1.807) is 10.9 Å². The van der Waals surface area contributed by atoms with Gasteiger partial charge in [-0.3, -0.25) is 9.67 Å². The Kier molecular flexibility index (Phi) is 7.58. The molecule has 0 radical (unpaired) electrons. The van der Waals surface area contributed by atoms with E-state index in [0.717, 1.165) is 28.8 Å². The number of aromatic nitrogens is 3. The maximum absolute atomic E-state index is 5.94. The number of halogens is 1. The van der Waals surface area contributed by atoms with Crippen LogP contribution in [-0.2, 0) is 20.0 Å². The lowest BCUT2D eigenvalue weighted by Crippen LogP contribution is -2.33. The molecule has 136 valence electrons. The van der Waals surface area contributed by atoms with Crippen LogP contribution >= 0.6 is 24.0 Å². The Labute approximate surface area is 170 Å². The van der Waals surface area contributed by atoms with Gasteiger partial charge in [0.05, 0.1) is 12.7 Å². The molecule has 26 heavy (non-hydrogen) atoms. The maximum Gasteiger partial charge on any atom is 0.188 e. The van der Waals surface area contributed by atoms with Crippen molar-refractivity contribution >= 4 is 29.9 Å². The molecule has 1 aromatic carbocycles. The van der Waals surface area contributed by atoms with Crippen LogP contribution in [0.4, 0.5) is 0 Å². The molecule has 0 saturated heterocycles. The van der Waals surface area contributed by atoms with Gasteiger partial charge in [0, 0.05) is 43.7 Å². The highest BCUT2D eigenvalue weighted by molar-refractivity contribution is 14.0. The smallest absolute Gasteiger partial charge is 0.188 e. The van der Waals surface area contributed by atoms with Crippen molar-refractivity contribution in [1.82, 2.24) is 20.1 Å². The molecule has 0 aliphatic heterocycles. The average molecular weight is 462 g/mol. The molecule has 0 unspecified atom stereocenters. The topological polar surface area (TPSA) is 81.1 Å². The first-order chi connectivity index (χ1) is 12.2. The van der Waals surface area contributed by atoms with Gasteiger partial charge in [0.15, 0.2) is 5.96 Å². The second kappa shape index (κ2) is 9.91. The zero-order valence-corrected chi connectivity index (χ0v) is 17.0. The lowest BCUT2D eigenvalue weighted by molar-refractivity contribution is 0.768. The lowest BCUT2D eigenvalue weighted by Gasteiger charge is -2.06. The number of nitrogens with zero attached hydrogens (tertiary/aromatic N) is 4. The first kappa shape index (κ1) is 19.9. The molecule has 2 aromatic heterocycles. The average Bonchev–Trinajstić information content (AvgIpc) is 3.08. The summed E-state index contributed by atoms with van der Waals surface area (Å²) in [5.41, 5.74) is 10.3. The molecule has 0 saturated carbocycles. The van der Waals surface area contributed by atoms with Crippen molar-refractivity contribution in [1.29, 1.82) is 0 Å². The van der Waals surface area contributed by atoms with E-state index in [0.29, 0.717) is 19.0 Å². The fourth-order valence-corrected chi connectivity index (χ4v) is 2.52. The highest BCUT2D eigenvalue weighted by Crippen LogP contribution is 2.19. The number of guanidine groups is 1. The van der Waals surface area contributed by atoms with Gasteiger partial charge in [-0.1, -0.05) is 24.3 Å². The Morgan fingerprint density at radius 3 is 2.81 bits per heavy atom. The number of aryl methyl sites for hydroxylation is 1. The first-order valence-corrected chi connectivity index (χ1v) is 8.22. The Morgan fingerprint density at radius 1 is 1.19 bits per heavy atom. The normalized spacial score (nSPS) is 11.0. The number of rotatable bonds is 6. The van der Waals surface area contributed by atoms with Gasteiger partial charge in [-0.2, -0.15) is 5.10 Å². The van der Waals surface area contributed by atoms with E-state index < -0.39 is 0 Å². The summed E-state index contributed by atoms with van der Waals surface area (Å²) in [6.07, 6.45) is 6.46. The van der Waals surface area contributed by atoms with Gasteiger partial charge in [0.1, 0.15) is 0 Å². The van der Waals surface area contributed by atoms with Gasteiger partial charge in [-0.25, -0.2) is 4.99 Å². The molecule has 0 aliphatic rings. The first-order valence-electron chi connectivity index (χ1n) is 8.22. The van der Waals surface area contributed by atoms with Crippen molar-refractivity contribution in [3.8, 4) is 11.1 Å². The van der Waals surface area contributed by atoms with Crippen LogP contribution in [-0.4, -0.2) is 27.3 Å². The van der Waals surface area contributed by atoms with Crippen LogP contribution in [0, 0.1) is 0 Å². The van der Waals surface area contributed by atoms with Gasteiger partial charge in [-0.05, 0) is 29.3 Å². The molecule has 0 amide bonds. The Bertz CT molecular complexity index is 844. The minimum Gasteiger partial charge on any atom is -0.370 e. The van der Waals surface area contributed by atoms with Crippen LogP contribution in [0.5, 0.6) is 0 Å². The summed E-state index contributed by atoms with van der Waals surface area (Å²) in [4.78, 5) is 8.69. The van der Waals surface area contributed by atoms with E-state index in [1.165, 1.54) is 0 Å². The molecular weight excluding hydrogens is 439 g/mol. The van der Waals surface area contributed by atoms with Gasteiger partial charge < -0.3 is 11.1 Å². The molecule has 3 rings (SSSR count). The van der Waals surface area contributed by atoms with Crippen molar-refractivity contribution in [3.63, 3.8) is 0 Å². The summed E-state index contributed by atoms with van der Waals surface area (Å²) in [6, 6.07) is 14.1. The van der Waals surface area contributed by atoms with E-state index in [4.69, 9.17) is 5.73 Å². The zero-order valence-electron chi connectivity index (χ0n) is 14.7. The predicted molar refractivity (Wildman–Crippen MR) is 115 cm³/mol. The molecule has 3 N–H and O–H groups in total. The van der Waals surface area contributed by atoms with Crippen molar-refractivity contribution < 1.29 is 0 Å². The quantitative estimate of drug-likeness (QED) is 0.336. The number of nitrogens with two attached hydrogens (primary N) is 1. The second-order valence-electron chi connectivity index (χ2n) is 5.80. The van der Waals surface area contributed by atoms with Crippen molar-refractivity contribution in [2.75, 3.05) is 6.54 Å². The molecule has 0 aliphatic carbocycles. The van der Waals surface area contributed by atoms with E-state index in [2.05, 4.69) is 32.5 Å². The molecule has 0 fully saturated rings. The monoisotopic (exact) mass is 462 g/mol. The van der Waals surface area contributed by atoms with E-state index in [9.17, 15) is 0 Å². The standard InChI is InChI=1S/C19H22N6.HI/c1-25-14-17(13-24-25)16-6-4-5-15(11-16)12-23-19(20)22-10-8-18-7-2-3-9-21-18;/h2-7,9,11,13-14H,8,10,12H2,1H3,(H3,20,22,23);1H. The Balaban J connectivity index is 0.00000243. The largest absolute Gasteiger partial charge is 0.370 e. The highest BCUT2D eigenvalue weighted by atomic mass is 127. The van der Waals surface area contributed by atoms with Crippen LogP contribution in [0.15, 0.2) is 66.0 Å². The van der Waals surface area contributed by atoms with Gasteiger partial charge >= 0.3 is 0 Å². The van der Waals surface area contributed by atoms with Gasteiger partial charge in [0.2, 0.25) is 0 Å². The van der Waals surface area contributed by atoms with Gasteiger partial charge in [-0.15, -0.1) is 24.0 Å². The Hall–Kier alpha value is -2.42. The number of aliphatic imine (C=N–C) groups is 1. The number of nitrogens with one attached hydrogen (secondary N) is 1. The molecule has 0 atom stereocenters. The minimum atomic E-state index is 0.